The summed E-state index contributed by atoms with van der Waals surface area (Å²) in [5.41, 5.74) is 6.09. The van der Waals surface area contributed by atoms with Gasteiger partial charge in [-0.15, -0.1) is 0 Å². The van der Waals surface area contributed by atoms with Crippen LogP contribution < -0.4 is 5.73 Å². The van der Waals surface area contributed by atoms with Crippen molar-refractivity contribution in [1.29, 1.82) is 0 Å². The molecule has 0 spiro atoms. The Kier molecular flexibility index (Phi) is 3.69. The molecule has 2 nitrogen and oxygen atoms in total. The second kappa shape index (κ2) is 5.06. The van der Waals surface area contributed by atoms with E-state index in [-0.39, 0.29) is 11.7 Å². The second-order valence-electron chi connectivity index (χ2n) is 4.28. The van der Waals surface area contributed by atoms with E-state index in [2.05, 4.69) is 0 Å². The first kappa shape index (κ1) is 12.4. The lowest BCUT2D eigenvalue weighted by atomic mass is 10.00. The molecule has 0 aromatic heterocycles. The Labute approximate surface area is 97.6 Å². The first-order valence-corrected chi connectivity index (χ1v) is 5.59. The van der Waals surface area contributed by atoms with E-state index in [1.165, 1.54) is 0 Å². The van der Waals surface area contributed by atoms with Gasteiger partial charge in [-0.05, 0) is 37.0 Å². The molecule has 2 unspecified atom stereocenters. The van der Waals surface area contributed by atoms with Gasteiger partial charge in [0.1, 0.15) is 0 Å². The van der Waals surface area contributed by atoms with Gasteiger partial charge in [-0.1, -0.05) is 0 Å². The van der Waals surface area contributed by atoms with Crippen LogP contribution in [-0.4, -0.2) is 12.7 Å². The highest BCUT2D eigenvalue weighted by Crippen LogP contribution is 2.25. The Morgan fingerprint density at radius 3 is 2.47 bits per heavy atom. The third-order valence-electron chi connectivity index (χ3n) is 2.98. The predicted octanol–water partition coefficient (Wildman–Crippen LogP) is 2.67. The number of hydrogen-bond donors (Lipinski definition) is 1. The summed E-state index contributed by atoms with van der Waals surface area (Å²) in [5.74, 6) is -3.87. The molecule has 1 fully saturated rings. The van der Waals surface area contributed by atoms with Crippen LogP contribution in [0.3, 0.4) is 0 Å². The summed E-state index contributed by atoms with van der Waals surface area (Å²) in [7, 11) is 0. The van der Waals surface area contributed by atoms with Gasteiger partial charge in [0.25, 0.3) is 0 Å². The van der Waals surface area contributed by atoms with Crippen molar-refractivity contribution >= 4 is 0 Å². The van der Waals surface area contributed by atoms with Crippen LogP contribution in [0.4, 0.5) is 13.2 Å². The average Bonchev–Trinajstić information content (AvgIpc) is 2.77. The molecule has 2 N–H and O–H groups in total. The van der Waals surface area contributed by atoms with Gasteiger partial charge >= 0.3 is 0 Å². The van der Waals surface area contributed by atoms with Crippen LogP contribution in [0.25, 0.3) is 0 Å². The van der Waals surface area contributed by atoms with E-state index in [0.717, 1.165) is 25.0 Å². The third kappa shape index (κ3) is 2.79. The fourth-order valence-electron chi connectivity index (χ4n) is 2.04. The second-order valence-corrected chi connectivity index (χ2v) is 4.28. The molecule has 2 rings (SSSR count). The Balaban J connectivity index is 2.10. The molecular weight excluding hydrogens is 231 g/mol. The molecule has 1 aromatic carbocycles. The maximum Gasteiger partial charge on any atom is 0.194 e. The molecule has 0 amide bonds. The van der Waals surface area contributed by atoms with Crippen molar-refractivity contribution in [3.63, 3.8) is 0 Å². The standard InChI is InChI=1S/C12H14F3NO/c13-9-4-7(5-10(14)12(9)15)11(16)6-8-2-1-3-17-8/h4-5,8,11H,1-3,6,16H2. The van der Waals surface area contributed by atoms with E-state index in [9.17, 15) is 13.2 Å². The van der Waals surface area contributed by atoms with E-state index in [4.69, 9.17) is 10.5 Å². The summed E-state index contributed by atoms with van der Waals surface area (Å²) in [5, 5.41) is 0. The minimum Gasteiger partial charge on any atom is -0.378 e. The summed E-state index contributed by atoms with van der Waals surface area (Å²) < 4.78 is 44.2. The minimum atomic E-state index is -1.46. The highest BCUT2D eigenvalue weighted by molar-refractivity contribution is 5.22. The van der Waals surface area contributed by atoms with Gasteiger partial charge in [-0.3, -0.25) is 0 Å². The maximum absolute atomic E-state index is 13.0. The predicted molar refractivity (Wildman–Crippen MR) is 56.8 cm³/mol. The minimum absolute atomic E-state index is 0.0289. The molecule has 94 valence electrons. The van der Waals surface area contributed by atoms with Gasteiger partial charge in [0.15, 0.2) is 17.5 Å². The molecule has 1 aliphatic heterocycles. The monoisotopic (exact) mass is 245 g/mol. The lowest BCUT2D eigenvalue weighted by Gasteiger charge is -2.16. The summed E-state index contributed by atoms with van der Waals surface area (Å²) in [4.78, 5) is 0. The van der Waals surface area contributed by atoms with Crippen molar-refractivity contribution in [2.45, 2.75) is 31.4 Å². The Morgan fingerprint density at radius 1 is 1.29 bits per heavy atom. The number of rotatable bonds is 3. The quantitative estimate of drug-likeness (QED) is 0.831. The van der Waals surface area contributed by atoms with E-state index >= 15 is 0 Å². The van der Waals surface area contributed by atoms with Gasteiger partial charge in [0.05, 0.1) is 6.10 Å². The van der Waals surface area contributed by atoms with Crippen LogP contribution in [0.5, 0.6) is 0 Å². The van der Waals surface area contributed by atoms with E-state index < -0.39 is 23.5 Å². The summed E-state index contributed by atoms with van der Waals surface area (Å²) >= 11 is 0. The van der Waals surface area contributed by atoms with Crippen LogP contribution in [0.1, 0.15) is 30.9 Å². The first-order chi connectivity index (χ1) is 8.08. The van der Waals surface area contributed by atoms with Gasteiger partial charge in [-0.2, -0.15) is 0 Å². The van der Waals surface area contributed by atoms with Crippen molar-refractivity contribution in [3.05, 3.63) is 35.1 Å². The van der Waals surface area contributed by atoms with Gasteiger partial charge in [0.2, 0.25) is 0 Å². The fraction of sp³-hybridized carbons (Fsp3) is 0.500. The topological polar surface area (TPSA) is 35.2 Å². The number of ether oxygens (including phenoxy) is 1. The van der Waals surface area contributed by atoms with Crippen molar-refractivity contribution in [2.75, 3.05) is 6.61 Å². The fourth-order valence-corrected chi connectivity index (χ4v) is 2.04. The SMILES string of the molecule is NC(CC1CCCO1)c1cc(F)c(F)c(F)c1. The molecule has 17 heavy (non-hydrogen) atoms. The molecule has 1 aliphatic rings. The highest BCUT2D eigenvalue weighted by Gasteiger charge is 2.21. The molecule has 1 saturated heterocycles. The van der Waals surface area contributed by atoms with Gasteiger partial charge in [-0.25, -0.2) is 13.2 Å². The molecular formula is C12H14F3NO. The first-order valence-electron chi connectivity index (χ1n) is 5.59. The Morgan fingerprint density at radius 2 is 1.94 bits per heavy atom. The number of nitrogens with two attached hydrogens (primary N) is 1. The normalized spacial score (nSPS) is 21.8. The Hall–Kier alpha value is -1.07. The maximum atomic E-state index is 13.0. The average molecular weight is 245 g/mol. The number of halogens is 3. The molecule has 5 heteroatoms. The molecule has 2 atom stereocenters. The van der Waals surface area contributed by atoms with Crippen LogP contribution in [0.2, 0.25) is 0 Å². The molecule has 0 aliphatic carbocycles. The molecule has 0 radical (unpaired) electrons. The number of hydrogen-bond acceptors (Lipinski definition) is 2. The summed E-state index contributed by atoms with van der Waals surface area (Å²) in [6.45, 7) is 0.698. The van der Waals surface area contributed by atoms with Crippen LogP contribution in [0, 0.1) is 17.5 Å². The molecule has 0 bridgehead atoms. The zero-order valence-electron chi connectivity index (χ0n) is 9.26. The molecule has 1 aromatic rings. The third-order valence-corrected chi connectivity index (χ3v) is 2.98. The van der Waals surface area contributed by atoms with Crippen LogP contribution in [0.15, 0.2) is 12.1 Å². The summed E-state index contributed by atoms with van der Waals surface area (Å²) in [6, 6.07) is 1.35. The van der Waals surface area contributed by atoms with Gasteiger partial charge in [0, 0.05) is 12.6 Å². The molecule has 1 heterocycles. The van der Waals surface area contributed by atoms with Crippen molar-refractivity contribution < 1.29 is 17.9 Å². The summed E-state index contributed by atoms with van der Waals surface area (Å²) in [6.07, 6.45) is 2.40. The van der Waals surface area contributed by atoms with Crippen LogP contribution in [-0.2, 0) is 4.74 Å². The van der Waals surface area contributed by atoms with E-state index in [1.54, 1.807) is 0 Å². The Bertz CT molecular complexity index is 382. The largest absolute Gasteiger partial charge is 0.378 e. The van der Waals surface area contributed by atoms with Crippen molar-refractivity contribution in [1.82, 2.24) is 0 Å². The number of benzene rings is 1. The van der Waals surface area contributed by atoms with Gasteiger partial charge < -0.3 is 10.5 Å². The zero-order chi connectivity index (χ0) is 12.4. The smallest absolute Gasteiger partial charge is 0.194 e. The van der Waals surface area contributed by atoms with E-state index in [1.807, 2.05) is 0 Å². The zero-order valence-corrected chi connectivity index (χ0v) is 9.26. The highest BCUT2D eigenvalue weighted by atomic mass is 19.2. The van der Waals surface area contributed by atoms with Crippen LogP contribution >= 0.6 is 0 Å². The lowest BCUT2D eigenvalue weighted by Crippen LogP contribution is -2.19. The van der Waals surface area contributed by atoms with Crippen molar-refractivity contribution in [2.24, 2.45) is 5.73 Å². The van der Waals surface area contributed by atoms with Crippen molar-refractivity contribution in [3.8, 4) is 0 Å². The van der Waals surface area contributed by atoms with E-state index in [0.29, 0.717) is 13.0 Å². The molecule has 0 saturated carbocycles. The lowest BCUT2D eigenvalue weighted by molar-refractivity contribution is 0.0982.